The Morgan fingerprint density at radius 3 is 1.60 bits per heavy atom. The maximum Gasteiger partial charge on any atom is 0.119 e. The molecule has 0 saturated carbocycles. The molecule has 0 aliphatic rings. The van der Waals surface area contributed by atoms with E-state index >= 15 is 0 Å². The minimum absolute atomic E-state index is 0.337. The Morgan fingerprint density at radius 2 is 1.20 bits per heavy atom. The number of halogens is 1. The molecule has 0 unspecified atom stereocenters. The van der Waals surface area contributed by atoms with Crippen LogP contribution in [-0.4, -0.2) is 5.11 Å². The van der Waals surface area contributed by atoms with Crippen molar-refractivity contribution in [2.75, 3.05) is 0 Å². The van der Waals surface area contributed by atoms with Gasteiger partial charge in [0.1, 0.15) is 5.60 Å². The average molecular weight is 289 g/mol. The van der Waals surface area contributed by atoms with Crippen molar-refractivity contribution in [3.63, 3.8) is 0 Å². The van der Waals surface area contributed by atoms with Crippen molar-refractivity contribution in [1.29, 1.82) is 0 Å². The highest BCUT2D eigenvalue weighted by Gasteiger charge is 2.43. The number of hydrogen-bond donors (Lipinski definition) is 1. The van der Waals surface area contributed by atoms with Gasteiger partial charge in [-0.15, -0.1) is 0 Å². The second-order valence-electron chi connectivity index (χ2n) is 6.33. The maximum atomic E-state index is 11.4. The van der Waals surface area contributed by atoms with Crippen LogP contribution in [0.3, 0.4) is 0 Å². The molecular formula is C18H21ClO. The summed E-state index contributed by atoms with van der Waals surface area (Å²) in [6.07, 6.45) is 0. The van der Waals surface area contributed by atoms with Gasteiger partial charge >= 0.3 is 0 Å². The van der Waals surface area contributed by atoms with Gasteiger partial charge in [-0.2, -0.15) is 0 Å². The molecule has 1 nitrogen and oxygen atoms in total. The van der Waals surface area contributed by atoms with Crippen LogP contribution >= 0.6 is 11.6 Å². The van der Waals surface area contributed by atoms with Crippen LogP contribution < -0.4 is 0 Å². The SMILES string of the molecule is Cc1ccc([C@@](O)(c2ccc(Cl)cc2)C(C)(C)C)cc1. The minimum atomic E-state index is -1.05. The predicted molar refractivity (Wildman–Crippen MR) is 85.1 cm³/mol. The first-order valence-corrected chi connectivity index (χ1v) is 7.18. The van der Waals surface area contributed by atoms with Crippen LogP contribution in [0.15, 0.2) is 48.5 Å². The lowest BCUT2D eigenvalue weighted by Crippen LogP contribution is -2.41. The summed E-state index contributed by atoms with van der Waals surface area (Å²) in [5.74, 6) is 0. The number of aryl methyl sites for hydroxylation is 1. The monoisotopic (exact) mass is 288 g/mol. The summed E-state index contributed by atoms with van der Waals surface area (Å²) < 4.78 is 0. The Morgan fingerprint density at radius 1 is 0.800 bits per heavy atom. The molecule has 0 aliphatic heterocycles. The molecule has 2 aromatic rings. The topological polar surface area (TPSA) is 20.2 Å². The Labute approximate surface area is 126 Å². The molecule has 0 spiro atoms. The van der Waals surface area contributed by atoms with Crippen LogP contribution in [0.5, 0.6) is 0 Å². The summed E-state index contributed by atoms with van der Waals surface area (Å²) in [6, 6.07) is 15.5. The van der Waals surface area contributed by atoms with Crippen LogP contribution in [0.4, 0.5) is 0 Å². The largest absolute Gasteiger partial charge is 0.380 e. The molecule has 0 heterocycles. The van der Waals surface area contributed by atoms with Gasteiger partial charge in [-0.25, -0.2) is 0 Å². The van der Waals surface area contributed by atoms with E-state index in [1.807, 2.05) is 76.2 Å². The third kappa shape index (κ3) is 2.61. The van der Waals surface area contributed by atoms with Crippen LogP contribution in [0.25, 0.3) is 0 Å². The summed E-state index contributed by atoms with van der Waals surface area (Å²) in [4.78, 5) is 0. The highest BCUT2D eigenvalue weighted by atomic mass is 35.5. The molecule has 0 aromatic heterocycles. The number of hydrogen-bond acceptors (Lipinski definition) is 1. The zero-order valence-electron chi connectivity index (χ0n) is 12.4. The Hall–Kier alpha value is -1.31. The third-order valence-corrected chi connectivity index (χ3v) is 4.07. The molecule has 0 fully saturated rings. The van der Waals surface area contributed by atoms with Crippen LogP contribution in [0, 0.1) is 12.3 Å². The van der Waals surface area contributed by atoms with E-state index in [4.69, 9.17) is 11.6 Å². The first-order chi connectivity index (χ1) is 9.25. The van der Waals surface area contributed by atoms with Crippen molar-refractivity contribution in [2.24, 2.45) is 5.41 Å². The number of rotatable bonds is 2. The van der Waals surface area contributed by atoms with Gasteiger partial charge in [0.15, 0.2) is 0 Å². The molecule has 1 N–H and O–H groups in total. The fourth-order valence-electron chi connectivity index (χ4n) is 2.52. The Balaban J connectivity index is 2.62. The molecule has 0 saturated heterocycles. The van der Waals surface area contributed by atoms with Gasteiger partial charge in [0, 0.05) is 5.02 Å². The first-order valence-electron chi connectivity index (χ1n) is 6.81. The molecule has 20 heavy (non-hydrogen) atoms. The van der Waals surface area contributed by atoms with Gasteiger partial charge in [-0.3, -0.25) is 0 Å². The first kappa shape index (κ1) is 15.1. The van der Waals surface area contributed by atoms with Crippen molar-refractivity contribution in [3.05, 3.63) is 70.2 Å². The van der Waals surface area contributed by atoms with Crippen LogP contribution in [-0.2, 0) is 5.60 Å². The van der Waals surface area contributed by atoms with E-state index in [9.17, 15) is 5.11 Å². The van der Waals surface area contributed by atoms with Crippen molar-refractivity contribution >= 4 is 11.6 Å². The molecule has 0 amide bonds. The van der Waals surface area contributed by atoms with E-state index in [-0.39, 0.29) is 5.41 Å². The zero-order valence-corrected chi connectivity index (χ0v) is 13.2. The summed E-state index contributed by atoms with van der Waals surface area (Å²) in [5.41, 5.74) is 1.55. The minimum Gasteiger partial charge on any atom is -0.380 e. The van der Waals surface area contributed by atoms with E-state index in [0.29, 0.717) is 5.02 Å². The fraction of sp³-hybridized carbons (Fsp3) is 0.333. The van der Waals surface area contributed by atoms with Crippen LogP contribution in [0.1, 0.15) is 37.5 Å². The molecule has 0 aliphatic carbocycles. The van der Waals surface area contributed by atoms with E-state index < -0.39 is 5.60 Å². The van der Waals surface area contributed by atoms with Gasteiger partial charge in [0.25, 0.3) is 0 Å². The molecule has 2 aromatic carbocycles. The van der Waals surface area contributed by atoms with Crippen molar-refractivity contribution in [2.45, 2.75) is 33.3 Å². The molecule has 1 atom stereocenters. The lowest BCUT2D eigenvalue weighted by Gasteiger charge is -2.41. The molecule has 2 rings (SSSR count). The smallest absolute Gasteiger partial charge is 0.119 e. The predicted octanol–water partition coefficient (Wildman–Crippen LogP) is 4.93. The van der Waals surface area contributed by atoms with E-state index in [1.54, 1.807) is 0 Å². The Bertz CT molecular complexity index is 531. The standard InChI is InChI=1S/C18H21ClO/c1-13-5-7-14(8-6-13)18(20,17(2,3)4)15-9-11-16(19)12-10-15/h5-12,20H,1-4H3/t18-/m1/s1. The van der Waals surface area contributed by atoms with E-state index in [2.05, 4.69) is 0 Å². The molecular weight excluding hydrogens is 268 g/mol. The summed E-state index contributed by atoms with van der Waals surface area (Å²) in [6.45, 7) is 8.17. The zero-order chi connectivity index (χ0) is 15.0. The normalized spacial score (nSPS) is 14.9. The Kier molecular flexibility index (Phi) is 3.95. The molecule has 0 radical (unpaired) electrons. The second kappa shape index (κ2) is 5.23. The average Bonchev–Trinajstić information content (AvgIpc) is 2.38. The van der Waals surface area contributed by atoms with E-state index in [0.717, 1.165) is 11.1 Å². The molecule has 2 heteroatoms. The summed E-state index contributed by atoms with van der Waals surface area (Å²) in [5, 5.41) is 12.1. The number of benzene rings is 2. The summed E-state index contributed by atoms with van der Waals surface area (Å²) >= 11 is 5.96. The van der Waals surface area contributed by atoms with Crippen molar-refractivity contribution < 1.29 is 5.11 Å². The highest BCUT2D eigenvalue weighted by molar-refractivity contribution is 6.30. The summed E-state index contributed by atoms with van der Waals surface area (Å²) in [7, 11) is 0. The van der Waals surface area contributed by atoms with Gasteiger partial charge in [0.05, 0.1) is 0 Å². The number of aliphatic hydroxyl groups is 1. The van der Waals surface area contributed by atoms with Crippen molar-refractivity contribution in [1.82, 2.24) is 0 Å². The van der Waals surface area contributed by atoms with E-state index in [1.165, 1.54) is 5.56 Å². The quantitative estimate of drug-likeness (QED) is 0.831. The molecule has 0 bridgehead atoms. The van der Waals surface area contributed by atoms with Crippen LogP contribution in [0.2, 0.25) is 5.02 Å². The van der Waals surface area contributed by atoms with Crippen molar-refractivity contribution in [3.8, 4) is 0 Å². The molecule has 106 valence electrons. The van der Waals surface area contributed by atoms with Gasteiger partial charge in [0.2, 0.25) is 0 Å². The lowest BCUT2D eigenvalue weighted by atomic mass is 9.68. The third-order valence-electron chi connectivity index (χ3n) is 3.82. The highest BCUT2D eigenvalue weighted by Crippen LogP contribution is 2.44. The van der Waals surface area contributed by atoms with Gasteiger partial charge in [-0.1, -0.05) is 74.3 Å². The second-order valence-corrected chi connectivity index (χ2v) is 6.77. The maximum absolute atomic E-state index is 11.4. The van der Waals surface area contributed by atoms with Gasteiger partial charge in [-0.05, 0) is 35.6 Å². The van der Waals surface area contributed by atoms with Gasteiger partial charge < -0.3 is 5.11 Å². The lowest BCUT2D eigenvalue weighted by molar-refractivity contribution is -0.0259. The fourth-order valence-corrected chi connectivity index (χ4v) is 2.64.